The summed E-state index contributed by atoms with van der Waals surface area (Å²) in [7, 11) is 0. The van der Waals surface area contributed by atoms with Crippen molar-refractivity contribution in [1.29, 1.82) is 0 Å². The SMILES string of the molecule is CC(C)C(=O)N1CCN(C(=O)C(C)(C)NC(=O)c2cccnc2)CC1. The largest absolute Gasteiger partial charge is 0.339 e. The number of piperazine rings is 1. The Morgan fingerprint density at radius 1 is 1.12 bits per heavy atom. The predicted molar refractivity (Wildman–Crippen MR) is 93.8 cm³/mol. The molecular formula is C18H26N4O3. The van der Waals surface area contributed by atoms with Crippen LogP contribution in [0, 0.1) is 5.92 Å². The molecule has 1 aromatic rings. The summed E-state index contributed by atoms with van der Waals surface area (Å²) in [6, 6.07) is 3.33. The van der Waals surface area contributed by atoms with E-state index in [1.54, 1.807) is 42.0 Å². The highest BCUT2D eigenvalue weighted by molar-refractivity contribution is 5.98. The number of hydrogen-bond donors (Lipinski definition) is 1. The van der Waals surface area contributed by atoms with Crippen LogP contribution in [0.3, 0.4) is 0 Å². The Kier molecular flexibility index (Phi) is 5.77. The molecule has 1 aromatic heterocycles. The van der Waals surface area contributed by atoms with Gasteiger partial charge in [-0.05, 0) is 26.0 Å². The lowest BCUT2D eigenvalue weighted by Gasteiger charge is -2.39. The van der Waals surface area contributed by atoms with Crippen molar-refractivity contribution in [2.24, 2.45) is 5.92 Å². The minimum Gasteiger partial charge on any atom is -0.339 e. The lowest BCUT2D eigenvalue weighted by molar-refractivity contribution is -0.144. The lowest BCUT2D eigenvalue weighted by Crippen LogP contribution is -2.60. The smallest absolute Gasteiger partial charge is 0.253 e. The van der Waals surface area contributed by atoms with E-state index in [1.165, 1.54) is 6.20 Å². The Morgan fingerprint density at radius 2 is 1.72 bits per heavy atom. The fourth-order valence-corrected chi connectivity index (χ4v) is 2.80. The van der Waals surface area contributed by atoms with Crippen molar-refractivity contribution in [3.8, 4) is 0 Å². The number of carbonyl (C=O) groups is 3. The molecule has 0 atom stereocenters. The van der Waals surface area contributed by atoms with Gasteiger partial charge in [-0.1, -0.05) is 13.8 Å². The number of hydrogen-bond acceptors (Lipinski definition) is 4. The molecule has 0 saturated carbocycles. The Morgan fingerprint density at radius 3 is 2.24 bits per heavy atom. The number of amides is 3. The van der Waals surface area contributed by atoms with Crippen LogP contribution in [0.5, 0.6) is 0 Å². The Balaban J connectivity index is 1.95. The van der Waals surface area contributed by atoms with Gasteiger partial charge in [0.2, 0.25) is 11.8 Å². The fourth-order valence-electron chi connectivity index (χ4n) is 2.80. The molecule has 2 rings (SSSR count). The van der Waals surface area contributed by atoms with Crippen LogP contribution >= 0.6 is 0 Å². The average Bonchev–Trinajstić information content (AvgIpc) is 2.60. The van der Waals surface area contributed by atoms with Crippen LogP contribution in [0.1, 0.15) is 38.1 Å². The van der Waals surface area contributed by atoms with E-state index in [2.05, 4.69) is 10.3 Å². The number of carbonyl (C=O) groups excluding carboxylic acids is 3. The molecule has 0 unspecified atom stereocenters. The molecule has 3 amide bonds. The van der Waals surface area contributed by atoms with E-state index in [9.17, 15) is 14.4 Å². The van der Waals surface area contributed by atoms with Crippen LogP contribution in [-0.2, 0) is 9.59 Å². The Hall–Kier alpha value is -2.44. The molecule has 0 spiro atoms. The maximum absolute atomic E-state index is 12.8. The first-order chi connectivity index (χ1) is 11.7. The molecule has 1 aliphatic rings. The summed E-state index contributed by atoms with van der Waals surface area (Å²) in [5.41, 5.74) is -0.618. The van der Waals surface area contributed by atoms with Gasteiger partial charge in [0.1, 0.15) is 5.54 Å². The lowest BCUT2D eigenvalue weighted by atomic mass is 10.0. The highest BCUT2D eigenvalue weighted by Gasteiger charge is 2.36. The van der Waals surface area contributed by atoms with Crippen molar-refractivity contribution in [2.75, 3.05) is 26.2 Å². The second-order valence-electron chi connectivity index (χ2n) is 7.09. The molecule has 136 valence electrons. The van der Waals surface area contributed by atoms with E-state index in [-0.39, 0.29) is 23.6 Å². The topological polar surface area (TPSA) is 82.6 Å². The van der Waals surface area contributed by atoms with Gasteiger partial charge in [-0.3, -0.25) is 19.4 Å². The van der Waals surface area contributed by atoms with Crippen molar-refractivity contribution in [1.82, 2.24) is 20.1 Å². The van der Waals surface area contributed by atoms with E-state index in [0.29, 0.717) is 31.7 Å². The molecule has 25 heavy (non-hydrogen) atoms. The Bertz CT molecular complexity index is 635. The van der Waals surface area contributed by atoms with E-state index in [4.69, 9.17) is 0 Å². The van der Waals surface area contributed by atoms with Crippen LogP contribution < -0.4 is 5.32 Å². The summed E-state index contributed by atoms with van der Waals surface area (Å²) >= 11 is 0. The van der Waals surface area contributed by atoms with Gasteiger partial charge in [0, 0.05) is 44.5 Å². The van der Waals surface area contributed by atoms with Gasteiger partial charge < -0.3 is 15.1 Å². The summed E-state index contributed by atoms with van der Waals surface area (Å²) in [5, 5.41) is 2.77. The van der Waals surface area contributed by atoms with Gasteiger partial charge in [-0.25, -0.2) is 0 Å². The number of pyridine rings is 1. The van der Waals surface area contributed by atoms with Crippen molar-refractivity contribution >= 4 is 17.7 Å². The number of rotatable bonds is 4. The maximum Gasteiger partial charge on any atom is 0.253 e. The summed E-state index contributed by atoms with van der Waals surface area (Å²) in [6.07, 6.45) is 3.05. The van der Waals surface area contributed by atoms with Gasteiger partial charge in [0.25, 0.3) is 5.91 Å². The normalized spacial score (nSPS) is 15.2. The summed E-state index contributed by atoms with van der Waals surface area (Å²) in [4.78, 5) is 44.5. The van der Waals surface area contributed by atoms with Crippen LogP contribution in [0.25, 0.3) is 0 Å². The molecule has 0 bridgehead atoms. The fraction of sp³-hybridized carbons (Fsp3) is 0.556. The molecule has 0 radical (unpaired) electrons. The first kappa shape index (κ1) is 18.9. The quantitative estimate of drug-likeness (QED) is 0.879. The third-order valence-corrected chi connectivity index (χ3v) is 4.26. The van der Waals surface area contributed by atoms with Crippen LogP contribution in [0.4, 0.5) is 0 Å². The van der Waals surface area contributed by atoms with E-state index >= 15 is 0 Å². The minimum absolute atomic E-state index is 0.0440. The highest BCUT2D eigenvalue weighted by Crippen LogP contribution is 2.14. The van der Waals surface area contributed by atoms with E-state index in [1.807, 2.05) is 13.8 Å². The summed E-state index contributed by atoms with van der Waals surface area (Å²) < 4.78 is 0. The molecule has 7 heteroatoms. The zero-order valence-corrected chi connectivity index (χ0v) is 15.3. The van der Waals surface area contributed by atoms with Crippen molar-refractivity contribution in [3.63, 3.8) is 0 Å². The van der Waals surface area contributed by atoms with Crippen LogP contribution in [-0.4, -0.2) is 64.2 Å². The molecular weight excluding hydrogens is 320 g/mol. The summed E-state index contributed by atoms with van der Waals surface area (Å²) in [5.74, 6) is -0.421. The van der Waals surface area contributed by atoms with Crippen molar-refractivity contribution < 1.29 is 14.4 Å². The number of nitrogens with one attached hydrogen (secondary N) is 1. The predicted octanol–water partition coefficient (Wildman–Crippen LogP) is 0.917. The first-order valence-corrected chi connectivity index (χ1v) is 8.53. The minimum atomic E-state index is -1.03. The Labute approximate surface area is 148 Å². The maximum atomic E-state index is 12.8. The zero-order valence-electron chi connectivity index (χ0n) is 15.3. The van der Waals surface area contributed by atoms with Crippen molar-refractivity contribution in [2.45, 2.75) is 33.2 Å². The molecule has 1 fully saturated rings. The monoisotopic (exact) mass is 346 g/mol. The number of aromatic nitrogens is 1. The zero-order chi connectivity index (χ0) is 18.6. The van der Waals surface area contributed by atoms with Gasteiger partial charge in [0.15, 0.2) is 0 Å². The van der Waals surface area contributed by atoms with Gasteiger partial charge >= 0.3 is 0 Å². The molecule has 0 aliphatic carbocycles. The first-order valence-electron chi connectivity index (χ1n) is 8.53. The van der Waals surface area contributed by atoms with E-state index < -0.39 is 5.54 Å². The molecule has 1 saturated heterocycles. The molecule has 0 aromatic carbocycles. The van der Waals surface area contributed by atoms with E-state index in [0.717, 1.165) is 0 Å². The second kappa shape index (κ2) is 7.63. The third-order valence-electron chi connectivity index (χ3n) is 4.26. The van der Waals surface area contributed by atoms with Crippen molar-refractivity contribution in [3.05, 3.63) is 30.1 Å². The highest BCUT2D eigenvalue weighted by atomic mass is 16.2. The third kappa shape index (κ3) is 4.55. The molecule has 2 heterocycles. The van der Waals surface area contributed by atoms with Gasteiger partial charge in [-0.2, -0.15) is 0 Å². The molecule has 1 aliphatic heterocycles. The number of nitrogens with zero attached hydrogens (tertiary/aromatic N) is 3. The van der Waals surface area contributed by atoms with Crippen LogP contribution in [0.15, 0.2) is 24.5 Å². The molecule has 7 nitrogen and oxygen atoms in total. The standard InChI is InChI=1S/C18H26N4O3/c1-13(2)16(24)21-8-10-22(11-9-21)17(25)18(3,4)20-15(23)14-6-5-7-19-12-14/h5-7,12-13H,8-11H2,1-4H3,(H,20,23). The molecule has 1 N–H and O–H groups in total. The average molecular weight is 346 g/mol. The second-order valence-corrected chi connectivity index (χ2v) is 7.09. The summed E-state index contributed by atoms with van der Waals surface area (Å²) in [6.45, 7) is 9.12. The van der Waals surface area contributed by atoms with Gasteiger partial charge in [-0.15, -0.1) is 0 Å². The van der Waals surface area contributed by atoms with Crippen LogP contribution in [0.2, 0.25) is 0 Å². The van der Waals surface area contributed by atoms with Gasteiger partial charge in [0.05, 0.1) is 5.56 Å².